The Bertz CT molecular complexity index is 461. The molecule has 116 valence electrons. The largest absolute Gasteiger partial charge is 0.489 e. The number of carbonyl (C=O) groups excluding carboxylic acids is 1. The zero-order chi connectivity index (χ0) is 15.1. The van der Waals surface area contributed by atoms with Crippen molar-refractivity contribution in [3.05, 3.63) is 30.1 Å². The average molecular weight is 294 g/mol. The molecule has 1 saturated carbocycles. The molecule has 0 spiro atoms. The number of halogens is 1. The smallest absolute Gasteiger partial charge is 0.236 e. The Morgan fingerprint density at radius 1 is 1.38 bits per heavy atom. The van der Waals surface area contributed by atoms with Gasteiger partial charge in [-0.3, -0.25) is 4.79 Å². The number of benzene rings is 1. The van der Waals surface area contributed by atoms with Crippen LogP contribution in [-0.2, 0) is 4.79 Å². The number of nitrogens with one attached hydrogen (secondary N) is 1. The molecule has 21 heavy (non-hydrogen) atoms. The van der Waals surface area contributed by atoms with Gasteiger partial charge in [-0.05, 0) is 25.0 Å². The third-order valence-electron chi connectivity index (χ3n) is 3.84. The lowest BCUT2D eigenvalue weighted by Gasteiger charge is -2.19. The summed E-state index contributed by atoms with van der Waals surface area (Å²) >= 11 is 0. The van der Waals surface area contributed by atoms with E-state index in [2.05, 4.69) is 5.32 Å². The van der Waals surface area contributed by atoms with E-state index in [1.54, 1.807) is 30.1 Å². The molecule has 1 amide bonds. The van der Waals surface area contributed by atoms with Crippen LogP contribution in [0.4, 0.5) is 4.39 Å². The van der Waals surface area contributed by atoms with Crippen molar-refractivity contribution in [3.8, 4) is 5.75 Å². The molecule has 1 aliphatic rings. The van der Waals surface area contributed by atoms with Gasteiger partial charge in [0.25, 0.3) is 0 Å². The fourth-order valence-corrected chi connectivity index (χ4v) is 2.48. The van der Waals surface area contributed by atoms with Gasteiger partial charge < -0.3 is 15.0 Å². The first-order chi connectivity index (χ1) is 10.2. The molecule has 0 aromatic heterocycles. The molecule has 1 N–H and O–H groups in total. The predicted molar refractivity (Wildman–Crippen MR) is 79.8 cm³/mol. The van der Waals surface area contributed by atoms with E-state index in [9.17, 15) is 9.18 Å². The van der Waals surface area contributed by atoms with E-state index in [1.165, 1.54) is 18.9 Å². The van der Waals surface area contributed by atoms with Gasteiger partial charge in [0.05, 0.1) is 13.1 Å². The van der Waals surface area contributed by atoms with Gasteiger partial charge in [-0.2, -0.15) is 0 Å². The molecule has 1 aliphatic carbocycles. The minimum atomic E-state index is -0.380. The van der Waals surface area contributed by atoms with E-state index in [4.69, 9.17) is 4.74 Å². The molecule has 0 saturated heterocycles. The van der Waals surface area contributed by atoms with Gasteiger partial charge in [-0.25, -0.2) is 4.39 Å². The second kappa shape index (κ2) is 7.98. The van der Waals surface area contributed by atoms with Crippen LogP contribution >= 0.6 is 0 Å². The number of nitrogens with zero attached hydrogens (tertiary/aromatic N) is 1. The van der Waals surface area contributed by atoms with Gasteiger partial charge >= 0.3 is 0 Å². The molecule has 1 aromatic rings. The number of carbonyl (C=O) groups is 1. The van der Waals surface area contributed by atoms with E-state index in [-0.39, 0.29) is 24.1 Å². The summed E-state index contributed by atoms with van der Waals surface area (Å²) in [5, 5.41) is 3.29. The predicted octanol–water partition coefficient (Wildman–Crippen LogP) is 2.20. The highest BCUT2D eigenvalue weighted by molar-refractivity contribution is 5.77. The van der Waals surface area contributed by atoms with Crippen LogP contribution in [0.1, 0.15) is 25.7 Å². The van der Waals surface area contributed by atoms with Crippen LogP contribution in [0.25, 0.3) is 0 Å². The first-order valence-electron chi connectivity index (χ1n) is 7.51. The van der Waals surface area contributed by atoms with Crippen molar-refractivity contribution < 1.29 is 13.9 Å². The molecule has 0 aliphatic heterocycles. The minimum absolute atomic E-state index is 0.0408. The second-order valence-corrected chi connectivity index (χ2v) is 5.46. The molecule has 0 heterocycles. The molecule has 0 unspecified atom stereocenters. The number of hydrogen-bond acceptors (Lipinski definition) is 3. The standard InChI is InChI=1S/C16H23FN2O2/c1-19(16(20)12-18-13-6-2-3-7-13)10-11-21-15-9-5-4-8-14(15)17/h4-5,8-9,13,18H,2-3,6-7,10-12H2,1H3. The molecule has 4 nitrogen and oxygen atoms in total. The minimum Gasteiger partial charge on any atom is -0.489 e. The van der Waals surface area contributed by atoms with Crippen LogP contribution < -0.4 is 10.1 Å². The summed E-state index contributed by atoms with van der Waals surface area (Å²) < 4.78 is 18.7. The van der Waals surface area contributed by atoms with E-state index < -0.39 is 0 Å². The lowest BCUT2D eigenvalue weighted by Crippen LogP contribution is -2.40. The van der Waals surface area contributed by atoms with Gasteiger partial charge in [0.2, 0.25) is 5.91 Å². The van der Waals surface area contributed by atoms with Crippen LogP contribution in [0, 0.1) is 5.82 Å². The Kier molecular flexibility index (Phi) is 5.99. The van der Waals surface area contributed by atoms with Gasteiger partial charge in [-0.1, -0.05) is 25.0 Å². The highest BCUT2D eigenvalue weighted by Gasteiger charge is 2.16. The molecule has 5 heteroatoms. The van der Waals surface area contributed by atoms with Crippen LogP contribution in [0.5, 0.6) is 5.75 Å². The summed E-state index contributed by atoms with van der Waals surface area (Å²) in [5.41, 5.74) is 0. The summed E-state index contributed by atoms with van der Waals surface area (Å²) in [6.07, 6.45) is 4.82. The average Bonchev–Trinajstić information content (AvgIpc) is 3.00. The van der Waals surface area contributed by atoms with Gasteiger partial charge in [0.1, 0.15) is 6.61 Å². The second-order valence-electron chi connectivity index (χ2n) is 5.46. The summed E-state index contributed by atoms with van der Waals surface area (Å²) in [6.45, 7) is 1.09. The zero-order valence-electron chi connectivity index (χ0n) is 12.5. The van der Waals surface area contributed by atoms with E-state index in [0.717, 1.165) is 12.8 Å². The maximum Gasteiger partial charge on any atom is 0.236 e. The fourth-order valence-electron chi connectivity index (χ4n) is 2.48. The highest BCUT2D eigenvalue weighted by Crippen LogP contribution is 2.17. The number of para-hydroxylation sites is 1. The fraction of sp³-hybridized carbons (Fsp3) is 0.562. The Labute approximate surface area is 125 Å². The van der Waals surface area contributed by atoms with Crippen LogP contribution in [-0.4, -0.2) is 43.6 Å². The number of hydrogen-bond donors (Lipinski definition) is 1. The van der Waals surface area contributed by atoms with Gasteiger partial charge in [-0.15, -0.1) is 0 Å². The summed E-state index contributed by atoms with van der Waals surface area (Å²) in [5.74, 6) is -0.115. The zero-order valence-corrected chi connectivity index (χ0v) is 12.5. The maximum atomic E-state index is 13.4. The van der Waals surface area contributed by atoms with Crippen LogP contribution in [0.2, 0.25) is 0 Å². The molecule has 0 atom stereocenters. The van der Waals surface area contributed by atoms with E-state index in [1.807, 2.05) is 0 Å². The number of likely N-dealkylation sites (N-methyl/N-ethyl adjacent to an activating group) is 1. The Morgan fingerprint density at radius 2 is 2.10 bits per heavy atom. The summed E-state index contributed by atoms with van der Waals surface area (Å²) in [4.78, 5) is 13.6. The first kappa shape index (κ1) is 15.8. The third-order valence-corrected chi connectivity index (χ3v) is 3.84. The summed E-state index contributed by atoms with van der Waals surface area (Å²) in [6, 6.07) is 6.76. The molecule has 0 radical (unpaired) electrons. The van der Waals surface area contributed by atoms with Crippen molar-refractivity contribution in [2.24, 2.45) is 0 Å². The molecule has 1 fully saturated rings. The third kappa shape index (κ3) is 5.01. The monoisotopic (exact) mass is 294 g/mol. The lowest BCUT2D eigenvalue weighted by atomic mass is 10.2. The Balaban J connectivity index is 1.65. The van der Waals surface area contributed by atoms with Crippen molar-refractivity contribution in [1.82, 2.24) is 10.2 Å². The van der Waals surface area contributed by atoms with Crippen molar-refractivity contribution in [2.45, 2.75) is 31.7 Å². The quantitative estimate of drug-likeness (QED) is 0.838. The van der Waals surface area contributed by atoms with Gasteiger partial charge in [0, 0.05) is 13.1 Å². The number of amides is 1. The van der Waals surface area contributed by atoms with Crippen LogP contribution in [0.15, 0.2) is 24.3 Å². The number of ether oxygens (including phenoxy) is 1. The molecular weight excluding hydrogens is 271 g/mol. The normalized spacial score (nSPS) is 15.1. The van der Waals surface area contributed by atoms with Crippen molar-refractivity contribution in [1.29, 1.82) is 0 Å². The lowest BCUT2D eigenvalue weighted by molar-refractivity contribution is -0.129. The van der Waals surface area contributed by atoms with Crippen LogP contribution in [0.3, 0.4) is 0 Å². The van der Waals surface area contributed by atoms with Gasteiger partial charge in [0.15, 0.2) is 11.6 Å². The molecule has 2 rings (SSSR count). The van der Waals surface area contributed by atoms with E-state index in [0.29, 0.717) is 19.1 Å². The first-order valence-corrected chi connectivity index (χ1v) is 7.51. The SMILES string of the molecule is CN(CCOc1ccccc1F)C(=O)CNC1CCCC1. The van der Waals surface area contributed by atoms with Crippen molar-refractivity contribution >= 4 is 5.91 Å². The Morgan fingerprint density at radius 3 is 2.81 bits per heavy atom. The topological polar surface area (TPSA) is 41.6 Å². The molecule has 0 bridgehead atoms. The van der Waals surface area contributed by atoms with Crippen molar-refractivity contribution in [3.63, 3.8) is 0 Å². The molecule has 1 aromatic carbocycles. The maximum absolute atomic E-state index is 13.4. The summed E-state index contributed by atoms with van der Waals surface area (Å²) in [7, 11) is 1.74. The molecular formula is C16H23FN2O2. The number of rotatable bonds is 7. The van der Waals surface area contributed by atoms with Crippen molar-refractivity contribution in [2.75, 3.05) is 26.7 Å². The highest BCUT2D eigenvalue weighted by atomic mass is 19.1. The Hall–Kier alpha value is -1.62. The van der Waals surface area contributed by atoms with E-state index >= 15 is 0 Å².